The minimum atomic E-state index is -1.05. The number of aliphatic carboxylic acids is 1. The molecule has 1 aromatic rings. The lowest BCUT2D eigenvalue weighted by Gasteiger charge is -2.20. The molecule has 1 aromatic carbocycles. The van der Waals surface area contributed by atoms with Crippen LogP contribution in [0.4, 0.5) is 5.69 Å². The molecule has 1 aliphatic rings. The number of nitrogens with zero attached hydrogens (tertiary/aromatic N) is 1. The number of amides is 2. The lowest BCUT2D eigenvalue weighted by Crippen LogP contribution is -2.44. The van der Waals surface area contributed by atoms with Crippen molar-refractivity contribution >= 4 is 23.5 Å². The van der Waals surface area contributed by atoms with Gasteiger partial charge < -0.3 is 20.1 Å². The molecule has 2 rings (SSSR count). The second-order valence-corrected chi connectivity index (χ2v) is 6.12. The van der Waals surface area contributed by atoms with Gasteiger partial charge in [-0.15, -0.1) is 0 Å². The number of nitrogens with one attached hydrogen (secondary N) is 1. The molecular formula is C18H24N2O5. The van der Waals surface area contributed by atoms with Crippen LogP contribution >= 0.6 is 0 Å². The highest BCUT2D eigenvalue weighted by Crippen LogP contribution is 2.32. The smallest absolute Gasteiger partial charge is 0.326 e. The third-order valence-corrected chi connectivity index (χ3v) is 4.33. The molecule has 0 bridgehead atoms. The van der Waals surface area contributed by atoms with Gasteiger partial charge >= 0.3 is 5.97 Å². The Morgan fingerprint density at radius 1 is 1.40 bits per heavy atom. The van der Waals surface area contributed by atoms with E-state index < -0.39 is 23.8 Å². The molecule has 1 saturated heterocycles. The molecule has 2 atom stereocenters. The summed E-state index contributed by atoms with van der Waals surface area (Å²) in [5.41, 5.74) is 0.617. The molecule has 1 heterocycles. The van der Waals surface area contributed by atoms with Crippen LogP contribution in [0.5, 0.6) is 5.75 Å². The normalized spacial score (nSPS) is 18.1. The molecule has 136 valence electrons. The number of carbonyl (C=O) groups excluding carboxylic acids is 2. The molecule has 25 heavy (non-hydrogen) atoms. The zero-order valence-electron chi connectivity index (χ0n) is 14.5. The second kappa shape index (κ2) is 8.50. The second-order valence-electron chi connectivity index (χ2n) is 6.12. The van der Waals surface area contributed by atoms with E-state index >= 15 is 0 Å². The van der Waals surface area contributed by atoms with Crippen LogP contribution in [-0.2, 0) is 14.4 Å². The van der Waals surface area contributed by atoms with Crippen LogP contribution in [0.2, 0.25) is 0 Å². The number of para-hydroxylation sites is 2. The van der Waals surface area contributed by atoms with E-state index in [0.717, 1.165) is 6.42 Å². The number of hydrogen-bond acceptors (Lipinski definition) is 4. The van der Waals surface area contributed by atoms with E-state index in [4.69, 9.17) is 4.74 Å². The number of carboxylic acids is 1. The number of carboxylic acid groups (broad SMARTS) is 1. The third kappa shape index (κ3) is 4.49. The van der Waals surface area contributed by atoms with Gasteiger partial charge in [0.25, 0.3) is 0 Å². The first-order valence-electron chi connectivity index (χ1n) is 8.44. The van der Waals surface area contributed by atoms with Crippen molar-refractivity contribution in [3.05, 3.63) is 24.3 Å². The molecule has 7 heteroatoms. The predicted octanol–water partition coefficient (Wildman–Crippen LogP) is 1.81. The van der Waals surface area contributed by atoms with Crippen molar-refractivity contribution < 1.29 is 24.2 Å². The molecule has 0 spiro atoms. The maximum atomic E-state index is 12.4. The number of rotatable bonds is 8. The maximum absolute atomic E-state index is 12.4. The van der Waals surface area contributed by atoms with Gasteiger partial charge in [-0.3, -0.25) is 9.59 Å². The Balaban J connectivity index is 2.06. The number of anilines is 1. The summed E-state index contributed by atoms with van der Waals surface area (Å²) in [4.78, 5) is 37.5. The third-order valence-electron chi connectivity index (χ3n) is 4.33. The fraction of sp³-hybridized carbons (Fsp3) is 0.500. The Hall–Kier alpha value is -2.57. The van der Waals surface area contributed by atoms with Crippen LogP contribution in [0.1, 0.15) is 32.6 Å². The molecular weight excluding hydrogens is 324 g/mol. The van der Waals surface area contributed by atoms with Gasteiger partial charge in [0.15, 0.2) is 0 Å². The SMILES string of the molecule is CCCCC(NC(=O)C1CC(=O)N(c2ccccc2OC)C1)C(=O)O. The molecule has 0 aliphatic carbocycles. The quantitative estimate of drug-likeness (QED) is 0.747. The number of carbonyl (C=O) groups is 3. The largest absolute Gasteiger partial charge is 0.495 e. The summed E-state index contributed by atoms with van der Waals surface area (Å²) in [6.45, 7) is 2.17. The Labute approximate surface area is 147 Å². The van der Waals surface area contributed by atoms with Gasteiger partial charge in [-0.1, -0.05) is 31.9 Å². The zero-order valence-corrected chi connectivity index (χ0v) is 14.5. The van der Waals surface area contributed by atoms with E-state index in [1.165, 1.54) is 12.0 Å². The number of ether oxygens (including phenoxy) is 1. The topological polar surface area (TPSA) is 95.9 Å². The van der Waals surface area contributed by atoms with E-state index in [1.54, 1.807) is 24.3 Å². The summed E-state index contributed by atoms with van der Waals surface area (Å²) in [6, 6.07) is 6.20. The van der Waals surface area contributed by atoms with Crippen molar-refractivity contribution in [3.63, 3.8) is 0 Å². The lowest BCUT2D eigenvalue weighted by molar-refractivity contribution is -0.142. The molecule has 0 saturated carbocycles. The van der Waals surface area contributed by atoms with E-state index in [0.29, 0.717) is 24.3 Å². The molecule has 0 radical (unpaired) electrons. The van der Waals surface area contributed by atoms with Crippen molar-refractivity contribution in [2.75, 3.05) is 18.6 Å². The summed E-state index contributed by atoms with van der Waals surface area (Å²) in [5, 5.41) is 11.8. The van der Waals surface area contributed by atoms with Crippen molar-refractivity contribution in [2.24, 2.45) is 5.92 Å². The van der Waals surface area contributed by atoms with Gasteiger partial charge in [-0.25, -0.2) is 4.79 Å². The summed E-state index contributed by atoms with van der Waals surface area (Å²) >= 11 is 0. The number of benzene rings is 1. The molecule has 2 unspecified atom stereocenters. The molecule has 1 fully saturated rings. The summed E-state index contributed by atoms with van der Waals surface area (Å²) in [7, 11) is 1.52. The highest BCUT2D eigenvalue weighted by Gasteiger charge is 2.37. The number of hydrogen-bond donors (Lipinski definition) is 2. The van der Waals surface area contributed by atoms with Crippen molar-refractivity contribution in [3.8, 4) is 5.75 Å². The van der Waals surface area contributed by atoms with Crippen molar-refractivity contribution in [2.45, 2.75) is 38.6 Å². The fourth-order valence-corrected chi connectivity index (χ4v) is 2.92. The molecule has 1 aliphatic heterocycles. The Morgan fingerprint density at radius 3 is 2.76 bits per heavy atom. The maximum Gasteiger partial charge on any atom is 0.326 e. The molecule has 7 nitrogen and oxygen atoms in total. The van der Waals surface area contributed by atoms with Crippen LogP contribution in [0.25, 0.3) is 0 Å². The lowest BCUT2D eigenvalue weighted by atomic mass is 10.1. The van der Waals surface area contributed by atoms with Crippen LogP contribution in [-0.4, -0.2) is 42.6 Å². The monoisotopic (exact) mass is 348 g/mol. The zero-order chi connectivity index (χ0) is 18.4. The molecule has 2 amide bonds. The first-order chi connectivity index (χ1) is 12.0. The van der Waals surface area contributed by atoms with E-state index in [1.807, 2.05) is 6.92 Å². The molecule has 2 N–H and O–H groups in total. The summed E-state index contributed by atoms with van der Waals surface area (Å²) in [5.74, 6) is -1.63. The van der Waals surface area contributed by atoms with Gasteiger partial charge in [0, 0.05) is 13.0 Å². The first kappa shape index (κ1) is 18.8. The Bertz CT molecular complexity index is 646. The number of methoxy groups -OCH3 is 1. The minimum Gasteiger partial charge on any atom is -0.495 e. The van der Waals surface area contributed by atoms with Gasteiger partial charge in [0.2, 0.25) is 11.8 Å². The summed E-state index contributed by atoms with van der Waals surface area (Å²) in [6.07, 6.45) is 2.01. The Kier molecular flexibility index (Phi) is 6.38. The van der Waals surface area contributed by atoms with Crippen molar-refractivity contribution in [1.29, 1.82) is 0 Å². The molecule has 0 aromatic heterocycles. The van der Waals surface area contributed by atoms with Gasteiger partial charge in [-0.2, -0.15) is 0 Å². The Morgan fingerprint density at radius 2 is 2.12 bits per heavy atom. The summed E-state index contributed by atoms with van der Waals surface area (Å²) < 4.78 is 5.27. The van der Waals surface area contributed by atoms with Gasteiger partial charge in [0.05, 0.1) is 18.7 Å². The highest BCUT2D eigenvalue weighted by molar-refractivity contribution is 6.01. The average molecular weight is 348 g/mol. The van der Waals surface area contributed by atoms with E-state index in [2.05, 4.69) is 5.32 Å². The van der Waals surface area contributed by atoms with Gasteiger partial charge in [-0.05, 0) is 18.6 Å². The van der Waals surface area contributed by atoms with Crippen LogP contribution in [0.3, 0.4) is 0 Å². The van der Waals surface area contributed by atoms with E-state index in [9.17, 15) is 19.5 Å². The van der Waals surface area contributed by atoms with Gasteiger partial charge in [0.1, 0.15) is 11.8 Å². The standard InChI is InChI=1S/C18H24N2O5/c1-3-4-7-13(18(23)24)19-17(22)12-10-16(21)20(11-12)14-8-5-6-9-15(14)25-2/h5-6,8-9,12-13H,3-4,7,10-11H2,1-2H3,(H,19,22)(H,23,24). The first-order valence-corrected chi connectivity index (χ1v) is 8.44. The fourth-order valence-electron chi connectivity index (χ4n) is 2.92. The predicted molar refractivity (Wildman–Crippen MR) is 92.5 cm³/mol. The average Bonchev–Trinajstić information content (AvgIpc) is 2.99. The van der Waals surface area contributed by atoms with Crippen LogP contribution in [0, 0.1) is 5.92 Å². The van der Waals surface area contributed by atoms with Crippen molar-refractivity contribution in [1.82, 2.24) is 5.32 Å². The highest BCUT2D eigenvalue weighted by atomic mass is 16.5. The number of unbranched alkanes of at least 4 members (excludes halogenated alkanes) is 1. The van der Waals surface area contributed by atoms with E-state index in [-0.39, 0.29) is 18.9 Å². The minimum absolute atomic E-state index is 0.0595. The van der Waals surface area contributed by atoms with Crippen LogP contribution < -0.4 is 15.0 Å². The van der Waals surface area contributed by atoms with Crippen LogP contribution in [0.15, 0.2) is 24.3 Å².